The standard InChI is InChI=1S/C20H28N4O4/c1-21-15-4-2-8-23(13-15)19(25)16-5-3-9-24(16)20(26)22-14-6-7-17-18(12-14)28-11-10-27-17/h6-7,12,15-16,21H,2-5,8-11,13H2,1H3,(H,22,26)/t15?,16-/m0/s1. The summed E-state index contributed by atoms with van der Waals surface area (Å²) in [5, 5.41) is 6.17. The lowest BCUT2D eigenvalue weighted by Gasteiger charge is -2.36. The number of carbonyl (C=O) groups is 2. The van der Waals surface area contributed by atoms with E-state index in [1.807, 2.05) is 11.9 Å². The molecular formula is C20H28N4O4. The lowest BCUT2D eigenvalue weighted by Crippen LogP contribution is -2.54. The van der Waals surface area contributed by atoms with E-state index in [0.29, 0.717) is 56.0 Å². The first-order chi connectivity index (χ1) is 13.7. The second-order valence-corrected chi connectivity index (χ2v) is 7.55. The van der Waals surface area contributed by atoms with Crippen LogP contribution in [-0.4, -0.2) is 73.7 Å². The minimum atomic E-state index is -0.382. The van der Waals surface area contributed by atoms with E-state index in [-0.39, 0.29) is 18.0 Å². The first-order valence-corrected chi connectivity index (χ1v) is 10.1. The van der Waals surface area contributed by atoms with Crippen LogP contribution in [0.4, 0.5) is 10.5 Å². The van der Waals surface area contributed by atoms with Gasteiger partial charge >= 0.3 is 6.03 Å². The highest BCUT2D eigenvalue weighted by atomic mass is 16.6. The Morgan fingerprint density at radius 2 is 1.86 bits per heavy atom. The van der Waals surface area contributed by atoms with Crippen molar-refractivity contribution in [2.45, 2.75) is 37.8 Å². The molecule has 0 radical (unpaired) electrons. The number of rotatable bonds is 3. The quantitative estimate of drug-likeness (QED) is 0.823. The summed E-state index contributed by atoms with van der Waals surface area (Å²) < 4.78 is 11.1. The normalized spacial score (nSPS) is 24.2. The van der Waals surface area contributed by atoms with E-state index in [1.165, 1.54) is 0 Å². The number of amides is 3. The van der Waals surface area contributed by atoms with Crippen molar-refractivity contribution in [3.63, 3.8) is 0 Å². The largest absolute Gasteiger partial charge is 0.486 e. The summed E-state index contributed by atoms with van der Waals surface area (Å²) in [7, 11) is 1.93. The van der Waals surface area contributed by atoms with Gasteiger partial charge in [0.25, 0.3) is 0 Å². The van der Waals surface area contributed by atoms with E-state index < -0.39 is 0 Å². The first-order valence-electron chi connectivity index (χ1n) is 10.1. The molecule has 0 aliphatic carbocycles. The number of carbonyl (C=O) groups excluding carboxylic acids is 2. The van der Waals surface area contributed by atoms with E-state index in [0.717, 1.165) is 25.8 Å². The number of urea groups is 1. The number of nitrogens with zero attached hydrogens (tertiary/aromatic N) is 2. The van der Waals surface area contributed by atoms with Gasteiger partial charge in [0.2, 0.25) is 5.91 Å². The van der Waals surface area contributed by atoms with E-state index in [4.69, 9.17) is 9.47 Å². The van der Waals surface area contributed by atoms with Gasteiger partial charge in [-0.25, -0.2) is 4.79 Å². The van der Waals surface area contributed by atoms with Gasteiger partial charge in [0, 0.05) is 37.4 Å². The van der Waals surface area contributed by atoms with E-state index in [2.05, 4.69) is 10.6 Å². The van der Waals surface area contributed by atoms with Crippen molar-refractivity contribution in [2.24, 2.45) is 0 Å². The highest BCUT2D eigenvalue weighted by molar-refractivity contribution is 5.94. The fourth-order valence-corrected chi connectivity index (χ4v) is 4.21. The number of likely N-dealkylation sites (tertiary alicyclic amines) is 2. The van der Waals surface area contributed by atoms with Crippen molar-refractivity contribution < 1.29 is 19.1 Å². The summed E-state index contributed by atoms with van der Waals surface area (Å²) in [6.07, 6.45) is 3.63. The van der Waals surface area contributed by atoms with Gasteiger partial charge in [-0.2, -0.15) is 0 Å². The van der Waals surface area contributed by atoms with Gasteiger partial charge < -0.3 is 29.9 Å². The molecule has 152 valence electrons. The van der Waals surface area contributed by atoms with Crippen LogP contribution in [0, 0.1) is 0 Å². The molecule has 1 aromatic rings. The number of hydrogen-bond donors (Lipinski definition) is 2. The molecule has 0 bridgehead atoms. The molecule has 3 aliphatic heterocycles. The molecule has 4 rings (SSSR count). The first kappa shape index (κ1) is 18.9. The summed E-state index contributed by atoms with van der Waals surface area (Å²) in [6.45, 7) is 3.10. The topological polar surface area (TPSA) is 83.1 Å². The minimum Gasteiger partial charge on any atom is -0.486 e. The highest BCUT2D eigenvalue weighted by Crippen LogP contribution is 2.33. The van der Waals surface area contributed by atoms with Crippen LogP contribution in [0.25, 0.3) is 0 Å². The van der Waals surface area contributed by atoms with E-state index in [1.54, 1.807) is 23.1 Å². The molecular weight excluding hydrogens is 360 g/mol. The molecule has 8 nitrogen and oxygen atoms in total. The molecule has 2 saturated heterocycles. The van der Waals surface area contributed by atoms with Crippen LogP contribution in [0.1, 0.15) is 25.7 Å². The van der Waals surface area contributed by atoms with Crippen molar-refractivity contribution in [1.29, 1.82) is 0 Å². The molecule has 1 aromatic carbocycles. The number of fused-ring (bicyclic) bond motifs is 1. The molecule has 2 fully saturated rings. The van der Waals surface area contributed by atoms with Gasteiger partial charge in [-0.05, 0) is 44.9 Å². The predicted octanol–water partition coefficient (Wildman–Crippen LogP) is 1.66. The van der Waals surface area contributed by atoms with Crippen LogP contribution in [0.2, 0.25) is 0 Å². The van der Waals surface area contributed by atoms with Gasteiger partial charge in [-0.15, -0.1) is 0 Å². The maximum absolute atomic E-state index is 13.1. The molecule has 0 saturated carbocycles. The Hall–Kier alpha value is -2.48. The fourth-order valence-electron chi connectivity index (χ4n) is 4.21. The van der Waals surface area contributed by atoms with Crippen LogP contribution < -0.4 is 20.1 Å². The molecule has 3 aliphatic rings. The van der Waals surface area contributed by atoms with Crippen molar-refractivity contribution >= 4 is 17.6 Å². The molecule has 1 unspecified atom stereocenters. The minimum absolute atomic E-state index is 0.0646. The summed E-state index contributed by atoms with van der Waals surface area (Å²) in [5.74, 6) is 1.38. The number of likely N-dealkylation sites (N-methyl/N-ethyl adjacent to an activating group) is 1. The van der Waals surface area contributed by atoms with Crippen LogP contribution in [0.15, 0.2) is 18.2 Å². The predicted molar refractivity (Wildman–Crippen MR) is 105 cm³/mol. The molecule has 2 N–H and O–H groups in total. The lowest BCUT2D eigenvalue weighted by atomic mass is 10.0. The number of benzene rings is 1. The maximum atomic E-state index is 13.1. The van der Waals surface area contributed by atoms with Crippen molar-refractivity contribution in [1.82, 2.24) is 15.1 Å². The Morgan fingerprint density at radius 3 is 2.68 bits per heavy atom. The van der Waals surface area contributed by atoms with E-state index >= 15 is 0 Å². The average Bonchev–Trinajstić information content (AvgIpc) is 3.23. The molecule has 8 heteroatoms. The zero-order valence-electron chi connectivity index (χ0n) is 16.3. The zero-order valence-corrected chi connectivity index (χ0v) is 16.3. The monoisotopic (exact) mass is 388 g/mol. The third-order valence-corrected chi connectivity index (χ3v) is 5.73. The summed E-state index contributed by atoms with van der Waals surface area (Å²) in [5.41, 5.74) is 0.639. The number of hydrogen-bond acceptors (Lipinski definition) is 5. The second-order valence-electron chi connectivity index (χ2n) is 7.55. The smallest absolute Gasteiger partial charge is 0.322 e. The Morgan fingerprint density at radius 1 is 1.07 bits per heavy atom. The van der Waals surface area contributed by atoms with Gasteiger partial charge in [0.15, 0.2) is 11.5 Å². The number of ether oxygens (including phenoxy) is 2. The Balaban J connectivity index is 1.41. The Bertz CT molecular complexity index is 741. The molecule has 3 heterocycles. The maximum Gasteiger partial charge on any atom is 0.322 e. The average molecular weight is 388 g/mol. The fraction of sp³-hybridized carbons (Fsp3) is 0.600. The third kappa shape index (κ3) is 3.87. The lowest BCUT2D eigenvalue weighted by molar-refractivity contribution is -0.136. The molecule has 3 amide bonds. The molecule has 0 spiro atoms. The zero-order chi connectivity index (χ0) is 19.5. The number of anilines is 1. The Kier molecular flexibility index (Phi) is 5.57. The van der Waals surface area contributed by atoms with Crippen molar-refractivity contribution in [3.05, 3.63) is 18.2 Å². The van der Waals surface area contributed by atoms with Crippen LogP contribution >= 0.6 is 0 Å². The van der Waals surface area contributed by atoms with Crippen molar-refractivity contribution in [2.75, 3.05) is 45.2 Å². The van der Waals surface area contributed by atoms with Crippen LogP contribution in [0.5, 0.6) is 11.5 Å². The molecule has 28 heavy (non-hydrogen) atoms. The molecule has 2 atom stereocenters. The summed E-state index contributed by atoms with van der Waals surface area (Å²) in [6, 6.07) is 5.06. The van der Waals surface area contributed by atoms with Gasteiger partial charge in [0.05, 0.1) is 0 Å². The van der Waals surface area contributed by atoms with Gasteiger partial charge in [-0.1, -0.05) is 0 Å². The molecule has 0 aromatic heterocycles. The van der Waals surface area contributed by atoms with Crippen molar-refractivity contribution in [3.8, 4) is 11.5 Å². The highest BCUT2D eigenvalue weighted by Gasteiger charge is 2.37. The van der Waals surface area contributed by atoms with Gasteiger partial charge in [-0.3, -0.25) is 4.79 Å². The Labute approximate surface area is 165 Å². The van der Waals surface area contributed by atoms with Gasteiger partial charge in [0.1, 0.15) is 19.3 Å². The second kappa shape index (κ2) is 8.26. The van der Waals surface area contributed by atoms with Crippen LogP contribution in [0.3, 0.4) is 0 Å². The number of nitrogens with one attached hydrogen (secondary N) is 2. The SMILES string of the molecule is CNC1CCCN(C(=O)[C@@H]2CCCN2C(=O)Nc2ccc3c(c2)OCCO3)C1. The van der Waals surface area contributed by atoms with E-state index in [9.17, 15) is 9.59 Å². The third-order valence-electron chi connectivity index (χ3n) is 5.73. The number of piperidine rings is 1. The summed E-state index contributed by atoms with van der Waals surface area (Å²) >= 11 is 0. The summed E-state index contributed by atoms with van der Waals surface area (Å²) in [4.78, 5) is 29.5. The van der Waals surface area contributed by atoms with Crippen LogP contribution in [-0.2, 0) is 4.79 Å².